The highest BCUT2D eigenvalue weighted by atomic mass is 32.1. The number of aliphatic hydroxyl groups excluding tert-OH is 1. The van der Waals surface area contributed by atoms with E-state index in [1.807, 2.05) is 17.5 Å². The van der Waals surface area contributed by atoms with Crippen molar-refractivity contribution in [3.05, 3.63) is 22.4 Å². The zero-order chi connectivity index (χ0) is 10.5. The minimum Gasteiger partial charge on any atom is -0.386 e. The first kappa shape index (κ1) is 11.1. The van der Waals surface area contributed by atoms with E-state index in [2.05, 4.69) is 5.32 Å². The Bertz CT molecular complexity index is 270. The summed E-state index contributed by atoms with van der Waals surface area (Å²) in [7, 11) is 0. The second-order valence-corrected chi connectivity index (χ2v) is 4.83. The lowest BCUT2D eigenvalue weighted by Gasteiger charge is -2.24. The summed E-state index contributed by atoms with van der Waals surface area (Å²) in [5, 5.41) is 15.2. The fourth-order valence-corrected chi connectivity index (χ4v) is 2.47. The number of hydrogen-bond donors (Lipinski definition) is 2. The van der Waals surface area contributed by atoms with Gasteiger partial charge in [-0.15, -0.1) is 11.3 Å². The second-order valence-electron chi connectivity index (χ2n) is 3.85. The largest absolute Gasteiger partial charge is 0.386 e. The molecule has 0 aromatic carbocycles. The maximum atomic E-state index is 9.85. The van der Waals surface area contributed by atoms with Crippen molar-refractivity contribution in [2.75, 3.05) is 19.8 Å². The molecule has 84 valence electrons. The Kier molecular flexibility index (Phi) is 4.14. The van der Waals surface area contributed by atoms with Gasteiger partial charge in [0.1, 0.15) is 6.10 Å². The van der Waals surface area contributed by atoms with E-state index in [-0.39, 0.29) is 6.10 Å². The number of rotatable bonds is 4. The van der Waals surface area contributed by atoms with Crippen molar-refractivity contribution in [1.29, 1.82) is 0 Å². The summed E-state index contributed by atoms with van der Waals surface area (Å²) < 4.78 is 5.36. The van der Waals surface area contributed by atoms with E-state index in [9.17, 15) is 5.11 Å². The van der Waals surface area contributed by atoms with Gasteiger partial charge in [0.2, 0.25) is 0 Å². The van der Waals surface area contributed by atoms with E-state index in [1.54, 1.807) is 11.3 Å². The molecule has 2 rings (SSSR count). The molecule has 2 unspecified atom stereocenters. The van der Waals surface area contributed by atoms with Crippen LogP contribution < -0.4 is 5.32 Å². The molecule has 2 N–H and O–H groups in total. The summed E-state index contributed by atoms with van der Waals surface area (Å²) in [6, 6.07) is 4.34. The van der Waals surface area contributed by atoms with E-state index in [0.717, 1.165) is 30.9 Å². The average molecular weight is 227 g/mol. The molecule has 4 heteroatoms. The van der Waals surface area contributed by atoms with Crippen LogP contribution in [0.3, 0.4) is 0 Å². The third-order valence-electron chi connectivity index (χ3n) is 2.63. The average Bonchev–Trinajstić information content (AvgIpc) is 2.81. The van der Waals surface area contributed by atoms with Gasteiger partial charge < -0.3 is 15.2 Å². The fraction of sp³-hybridized carbons (Fsp3) is 0.636. The van der Waals surface area contributed by atoms with Gasteiger partial charge in [-0.05, 0) is 24.3 Å². The van der Waals surface area contributed by atoms with Gasteiger partial charge in [0.05, 0.1) is 6.61 Å². The van der Waals surface area contributed by atoms with Crippen LogP contribution in [0.25, 0.3) is 0 Å². The molecule has 0 radical (unpaired) electrons. The highest BCUT2D eigenvalue weighted by Crippen LogP contribution is 2.18. The van der Waals surface area contributed by atoms with Crippen molar-refractivity contribution in [3.8, 4) is 0 Å². The Balaban J connectivity index is 1.73. The van der Waals surface area contributed by atoms with Crippen molar-refractivity contribution in [1.82, 2.24) is 5.32 Å². The number of ether oxygens (including phenoxy) is 1. The van der Waals surface area contributed by atoms with E-state index in [4.69, 9.17) is 4.74 Å². The van der Waals surface area contributed by atoms with Gasteiger partial charge in [0.25, 0.3) is 0 Å². The molecule has 0 amide bonds. The Morgan fingerprint density at radius 3 is 3.27 bits per heavy atom. The van der Waals surface area contributed by atoms with Crippen molar-refractivity contribution in [3.63, 3.8) is 0 Å². The van der Waals surface area contributed by atoms with Gasteiger partial charge in [0.15, 0.2) is 0 Å². The molecular formula is C11H17NO2S. The van der Waals surface area contributed by atoms with Crippen molar-refractivity contribution in [2.45, 2.75) is 25.0 Å². The van der Waals surface area contributed by atoms with Crippen LogP contribution in [-0.2, 0) is 4.74 Å². The lowest BCUT2D eigenvalue weighted by atomic mass is 10.1. The summed E-state index contributed by atoms with van der Waals surface area (Å²) >= 11 is 1.60. The summed E-state index contributed by atoms with van der Waals surface area (Å²) in [4.78, 5) is 1.03. The molecular weight excluding hydrogens is 210 g/mol. The standard InChI is InChI=1S/C11H17NO2S/c13-10(11-4-2-6-15-11)7-12-9-3-1-5-14-8-9/h2,4,6,9-10,12-13H,1,3,5,7-8H2. The normalized spacial score (nSPS) is 23.9. The number of nitrogens with one attached hydrogen (secondary N) is 1. The third-order valence-corrected chi connectivity index (χ3v) is 3.61. The molecule has 3 nitrogen and oxygen atoms in total. The molecule has 2 heterocycles. The molecule has 1 fully saturated rings. The molecule has 2 atom stereocenters. The predicted molar refractivity (Wildman–Crippen MR) is 61.1 cm³/mol. The first-order valence-electron chi connectivity index (χ1n) is 5.39. The highest BCUT2D eigenvalue weighted by molar-refractivity contribution is 7.10. The van der Waals surface area contributed by atoms with Crippen molar-refractivity contribution >= 4 is 11.3 Å². The van der Waals surface area contributed by atoms with Gasteiger partial charge in [-0.25, -0.2) is 0 Å². The van der Waals surface area contributed by atoms with Gasteiger partial charge in [-0.3, -0.25) is 0 Å². The Morgan fingerprint density at radius 2 is 2.60 bits per heavy atom. The van der Waals surface area contributed by atoms with Crippen LogP contribution in [-0.4, -0.2) is 30.9 Å². The van der Waals surface area contributed by atoms with Crippen molar-refractivity contribution in [2.24, 2.45) is 0 Å². The maximum Gasteiger partial charge on any atom is 0.101 e. The van der Waals surface area contributed by atoms with Crippen LogP contribution in [0.2, 0.25) is 0 Å². The Morgan fingerprint density at radius 1 is 1.67 bits per heavy atom. The van der Waals surface area contributed by atoms with Crippen LogP contribution in [0.15, 0.2) is 17.5 Å². The summed E-state index contributed by atoms with van der Waals surface area (Å²) in [5.41, 5.74) is 0. The first-order chi connectivity index (χ1) is 7.36. The predicted octanol–water partition coefficient (Wildman–Crippen LogP) is 1.55. The summed E-state index contributed by atoms with van der Waals surface area (Å²) in [6.07, 6.45) is 1.89. The summed E-state index contributed by atoms with van der Waals surface area (Å²) in [6.45, 7) is 2.28. The fourth-order valence-electron chi connectivity index (χ4n) is 1.76. The number of aliphatic hydroxyl groups is 1. The minimum absolute atomic E-state index is 0.382. The Labute approximate surface area is 94.1 Å². The van der Waals surface area contributed by atoms with Gasteiger partial charge in [-0.2, -0.15) is 0 Å². The van der Waals surface area contributed by atoms with Crippen LogP contribution in [0.1, 0.15) is 23.8 Å². The molecule has 15 heavy (non-hydrogen) atoms. The minimum atomic E-state index is -0.382. The Hall–Kier alpha value is -0.420. The number of hydrogen-bond acceptors (Lipinski definition) is 4. The third kappa shape index (κ3) is 3.28. The molecule has 0 bridgehead atoms. The van der Waals surface area contributed by atoms with Crippen LogP contribution >= 0.6 is 11.3 Å². The second kappa shape index (κ2) is 5.61. The first-order valence-corrected chi connectivity index (χ1v) is 6.27. The zero-order valence-corrected chi connectivity index (χ0v) is 9.50. The quantitative estimate of drug-likeness (QED) is 0.820. The molecule has 0 aliphatic carbocycles. The molecule has 0 saturated carbocycles. The molecule has 0 spiro atoms. The molecule has 1 aliphatic rings. The molecule has 1 saturated heterocycles. The van der Waals surface area contributed by atoms with Crippen LogP contribution in [0.5, 0.6) is 0 Å². The van der Waals surface area contributed by atoms with Gasteiger partial charge in [-0.1, -0.05) is 6.07 Å². The van der Waals surface area contributed by atoms with E-state index < -0.39 is 0 Å². The summed E-state index contributed by atoms with van der Waals surface area (Å²) in [5.74, 6) is 0. The molecule has 1 aromatic rings. The van der Waals surface area contributed by atoms with Crippen LogP contribution in [0.4, 0.5) is 0 Å². The number of thiophene rings is 1. The van der Waals surface area contributed by atoms with Crippen LogP contribution in [0, 0.1) is 0 Å². The van der Waals surface area contributed by atoms with Gasteiger partial charge >= 0.3 is 0 Å². The van der Waals surface area contributed by atoms with Crippen molar-refractivity contribution < 1.29 is 9.84 Å². The highest BCUT2D eigenvalue weighted by Gasteiger charge is 2.15. The van der Waals surface area contributed by atoms with E-state index in [1.165, 1.54) is 0 Å². The maximum absolute atomic E-state index is 9.85. The zero-order valence-electron chi connectivity index (χ0n) is 8.69. The lowest BCUT2D eigenvalue weighted by molar-refractivity contribution is 0.0641. The SMILES string of the molecule is OC(CNC1CCCOC1)c1cccs1. The molecule has 1 aliphatic heterocycles. The lowest BCUT2D eigenvalue weighted by Crippen LogP contribution is -2.38. The van der Waals surface area contributed by atoms with Gasteiger partial charge in [0, 0.05) is 24.1 Å². The van der Waals surface area contributed by atoms with E-state index in [0.29, 0.717) is 12.6 Å². The monoisotopic (exact) mass is 227 g/mol. The van der Waals surface area contributed by atoms with E-state index >= 15 is 0 Å². The topological polar surface area (TPSA) is 41.5 Å². The smallest absolute Gasteiger partial charge is 0.101 e. The molecule has 1 aromatic heterocycles.